The number of carboxylic acids is 1. The average molecular weight is 285 g/mol. The van der Waals surface area contributed by atoms with Crippen LogP contribution in [0.15, 0.2) is 0 Å². The van der Waals surface area contributed by atoms with E-state index in [-0.39, 0.29) is 5.92 Å². The van der Waals surface area contributed by atoms with Crippen molar-refractivity contribution in [2.75, 3.05) is 7.05 Å². The van der Waals surface area contributed by atoms with Crippen LogP contribution in [0.1, 0.15) is 53.9 Å². The van der Waals surface area contributed by atoms with Gasteiger partial charge in [-0.1, -0.05) is 13.8 Å². The highest BCUT2D eigenvalue weighted by atomic mass is 16.6. The molecule has 1 amide bonds. The summed E-state index contributed by atoms with van der Waals surface area (Å²) in [7, 11) is 1.54. The van der Waals surface area contributed by atoms with Crippen molar-refractivity contribution in [2.24, 2.45) is 11.8 Å². The van der Waals surface area contributed by atoms with Gasteiger partial charge in [-0.05, 0) is 51.9 Å². The number of carbonyl (C=O) groups excluding carboxylic acids is 1. The van der Waals surface area contributed by atoms with Crippen LogP contribution in [-0.4, -0.2) is 40.3 Å². The van der Waals surface area contributed by atoms with E-state index in [0.717, 1.165) is 12.8 Å². The molecule has 0 aromatic rings. The molecular formula is C15H27NO4. The topological polar surface area (TPSA) is 66.8 Å². The molecule has 0 aromatic heterocycles. The van der Waals surface area contributed by atoms with Gasteiger partial charge in [-0.3, -0.25) is 4.90 Å². The Balaban J connectivity index is 3.02. The highest BCUT2D eigenvalue weighted by Crippen LogP contribution is 2.41. The first-order chi connectivity index (χ1) is 9.00. The smallest absolute Gasteiger partial charge is 0.410 e. The van der Waals surface area contributed by atoms with Crippen LogP contribution in [0.2, 0.25) is 0 Å². The Morgan fingerprint density at radius 1 is 1.30 bits per heavy atom. The molecule has 0 aliphatic heterocycles. The molecule has 0 aromatic carbocycles. The van der Waals surface area contributed by atoms with Gasteiger partial charge in [0.05, 0.1) is 0 Å². The number of carboxylic acid groups (broad SMARTS) is 1. The van der Waals surface area contributed by atoms with E-state index >= 15 is 0 Å². The van der Waals surface area contributed by atoms with Crippen molar-refractivity contribution >= 4 is 12.1 Å². The molecule has 1 N–H and O–H groups in total. The Morgan fingerprint density at radius 3 is 2.25 bits per heavy atom. The Hall–Kier alpha value is -1.26. The number of ether oxygens (including phenoxy) is 1. The Morgan fingerprint density at radius 2 is 1.85 bits per heavy atom. The van der Waals surface area contributed by atoms with Crippen molar-refractivity contribution in [1.29, 1.82) is 0 Å². The number of nitrogens with zero attached hydrogens (tertiary/aromatic N) is 1. The number of amides is 1. The zero-order valence-corrected chi connectivity index (χ0v) is 13.4. The van der Waals surface area contributed by atoms with E-state index in [2.05, 4.69) is 6.92 Å². The predicted octanol–water partition coefficient (Wildman–Crippen LogP) is 3.13. The Kier molecular flexibility index (Phi) is 4.72. The van der Waals surface area contributed by atoms with Crippen LogP contribution in [0.5, 0.6) is 0 Å². The molecule has 1 aliphatic carbocycles. The summed E-state index contributed by atoms with van der Waals surface area (Å²) in [5, 5.41) is 9.71. The van der Waals surface area contributed by atoms with Crippen LogP contribution < -0.4 is 0 Å². The highest BCUT2D eigenvalue weighted by molar-refractivity contribution is 5.85. The number of carbonyl (C=O) groups is 2. The number of likely N-dealkylation sites (N-methyl/N-ethyl adjacent to an activating group) is 1. The second-order valence-corrected chi connectivity index (χ2v) is 7.05. The van der Waals surface area contributed by atoms with Gasteiger partial charge in [-0.15, -0.1) is 0 Å². The summed E-state index contributed by atoms with van der Waals surface area (Å²) in [4.78, 5) is 25.4. The normalized spacial score (nSPS) is 30.7. The van der Waals surface area contributed by atoms with E-state index < -0.39 is 23.2 Å². The molecule has 1 fully saturated rings. The minimum absolute atomic E-state index is 0.0960. The molecule has 0 spiro atoms. The molecular weight excluding hydrogens is 258 g/mol. The van der Waals surface area contributed by atoms with Gasteiger partial charge in [0.2, 0.25) is 0 Å². The van der Waals surface area contributed by atoms with Crippen LogP contribution in [-0.2, 0) is 9.53 Å². The maximum atomic E-state index is 12.2. The predicted molar refractivity (Wildman–Crippen MR) is 76.5 cm³/mol. The molecule has 5 heteroatoms. The monoisotopic (exact) mass is 285 g/mol. The third-order valence-electron chi connectivity index (χ3n) is 4.23. The third-order valence-corrected chi connectivity index (χ3v) is 4.23. The third kappa shape index (κ3) is 3.25. The maximum absolute atomic E-state index is 12.2. The van der Waals surface area contributed by atoms with Crippen LogP contribution in [0, 0.1) is 11.8 Å². The molecule has 1 saturated carbocycles. The lowest BCUT2D eigenvalue weighted by molar-refractivity contribution is -0.157. The summed E-state index contributed by atoms with van der Waals surface area (Å²) in [6.45, 7) is 9.36. The second kappa shape index (κ2) is 5.62. The molecule has 0 bridgehead atoms. The van der Waals surface area contributed by atoms with Gasteiger partial charge < -0.3 is 9.84 Å². The van der Waals surface area contributed by atoms with Gasteiger partial charge in [0.15, 0.2) is 0 Å². The Labute approximate surface area is 121 Å². The fourth-order valence-electron chi connectivity index (χ4n) is 3.08. The van der Waals surface area contributed by atoms with E-state index in [1.165, 1.54) is 11.9 Å². The molecule has 0 radical (unpaired) electrons. The van der Waals surface area contributed by atoms with Gasteiger partial charge >= 0.3 is 12.1 Å². The molecule has 116 valence electrons. The van der Waals surface area contributed by atoms with Gasteiger partial charge in [-0.2, -0.15) is 0 Å². The maximum Gasteiger partial charge on any atom is 0.410 e. The Bertz CT molecular complexity index is 388. The lowest BCUT2D eigenvalue weighted by Crippen LogP contribution is -2.61. The summed E-state index contributed by atoms with van der Waals surface area (Å²) in [5.74, 6) is -0.545. The fourth-order valence-corrected chi connectivity index (χ4v) is 3.08. The van der Waals surface area contributed by atoms with Gasteiger partial charge in [-0.25, -0.2) is 9.59 Å². The van der Waals surface area contributed by atoms with Gasteiger partial charge in [0, 0.05) is 7.05 Å². The molecule has 3 unspecified atom stereocenters. The highest BCUT2D eigenvalue weighted by Gasteiger charge is 2.52. The van der Waals surface area contributed by atoms with Gasteiger partial charge in [0.1, 0.15) is 11.1 Å². The van der Waals surface area contributed by atoms with Crippen LogP contribution in [0.4, 0.5) is 4.79 Å². The zero-order valence-electron chi connectivity index (χ0n) is 13.4. The summed E-state index contributed by atoms with van der Waals surface area (Å²) in [5.41, 5.74) is -1.79. The quantitative estimate of drug-likeness (QED) is 0.846. The van der Waals surface area contributed by atoms with Crippen LogP contribution >= 0.6 is 0 Å². The van der Waals surface area contributed by atoms with E-state index in [0.29, 0.717) is 12.3 Å². The zero-order chi connectivity index (χ0) is 15.7. The van der Waals surface area contributed by atoms with Crippen molar-refractivity contribution in [3.05, 3.63) is 0 Å². The number of aliphatic carboxylic acids is 1. The minimum Gasteiger partial charge on any atom is -0.479 e. The van der Waals surface area contributed by atoms with Crippen molar-refractivity contribution in [1.82, 2.24) is 4.90 Å². The molecule has 20 heavy (non-hydrogen) atoms. The lowest BCUT2D eigenvalue weighted by atomic mass is 9.69. The first-order valence-corrected chi connectivity index (χ1v) is 7.21. The summed E-state index contributed by atoms with van der Waals surface area (Å²) >= 11 is 0. The molecule has 5 nitrogen and oxygen atoms in total. The summed E-state index contributed by atoms with van der Waals surface area (Å²) < 4.78 is 5.33. The standard InChI is InChI=1S/C15H27NO4/c1-10-7-8-15(12(17)18,11(2)9-10)16(6)13(19)20-14(3,4)5/h10-11H,7-9H2,1-6H3,(H,17,18). The van der Waals surface area contributed by atoms with E-state index in [1.807, 2.05) is 6.92 Å². The van der Waals surface area contributed by atoms with Crippen molar-refractivity contribution < 1.29 is 19.4 Å². The lowest BCUT2D eigenvalue weighted by Gasteiger charge is -2.46. The second-order valence-electron chi connectivity index (χ2n) is 7.05. The van der Waals surface area contributed by atoms with Crippen LogP contribution in [0.25, 0.3) is 0 Å². The molecule has 3 atom stereocenters. The molecule has 1 rings (SSSR count). The van der Waals surface area contributed by atoms with Gasteiger partial charge in [0.25, 0.3) is 0 Å². The number of hydrogen-bond donors (Lipinski definition) is 1. The van der Waals surface area contributed by atoms with E-state index in [4.69, 9.17) is 4.74 Å². The first kappa shape index (κ1) is 16.8. The summed E-state index contributed by atoms with van der Waals surface area (Å²) in [6.07, 6.45) is 1.52. The SMILES string of the molecule is CC1CCC(C(=O)O)(N(C)C(=O)OC(C)(C)C)C(C)C1. The van der Waals surface area contributed by atoms with Crippen molar-refractivity contribution in [3.8, 4) is 0 Å². The van der Waals surface area contributed by atoms with Crippen LogP contribution in [0.3, 0.4) is 0 Å². The number of rotatable bonds is 2. The fraction of sp³-hybridized carbons (Fsp3) is 0.867. The summed E-state index contributed by atoms with van der Waals surface area (Å²) in [6, 6.07) is 0. The van der Waals surface area contributed by atoms with Crippen molar-refractivity contribution in [2.45, 2.75) is 65.0 Å². The first-order valence-electron chi connectivity index (χ1n) is 7.21. The van der Waals surface area contributed by atoms with E-state index in [1.54, 1.807) is 20.8 Å². The molecule has 1 aliphatic rings. The largest absolute Gasteiger partial charge is 0.479 e. The van der Waals surface area contributed by atoms with Crippen molar-refractivity contribution in [3.63, 3.8) is 0 Å². The minimum atomic E-state index is -1.16. The molecule has 0 heterocycles. The van der Waals surface area contributed by atoms with E-state index in [9.17, 15) is 14.7 Å². The average Bonchev–Trinajstić information content (AvgIpc) is 2.25. The number of hydrogen-bond acceptors (Lipinski definition) is 3. The molecule has 0 saturated heterocycles.